The summed E-state index contributed by atoms with van der Waals surface area (Å²) in [4.78, 5) is 21.8. The molecule has 0 saturated carbocycles. The first kappa shape index (κ1) is 19.7. The van der Waals surface area contributed by atoms with Crippen LogP contribution in [0.2, 0.25) is 0 Å². The standard InChI is InChI=1S/C23H29N3O4/c1-16-2-3-17-11-18(21(24-20(17)10-16)26-5-8-29-9-6-26)12-25-13-19-14-30-7-4-23(19,15-25)22(27)28/h2-3,10-11,19H,4-9,12-15H2,1H3,(H,27,28)/t19-,23+/m1/s1. The molecule has 4 heterocycles. The van der Waals surface area contributed by atoms with E-state index in [4.69, 9.17) is 14.5 Å². The van der Waals surface area contributed by atoms with Crippen molar-refractivity contribution in [3.63, 3.8) is 0 Å². The lowest BCUT2D eigenvalue weighted by Crippen LogP contribution is -2.44. The van der Waals surface area contributed by atoms with E-state index in [0.717, 1.165) is 41.9 Å². The number of aryl methyl sites for hydroxylation is 1. The number of aliphatic carboxylic acids is 1. The van der Waals surface area contributed by atoms with Crippen molar-refractivity contribution < 1.29 is 19.4 Å². The third-order valence-corrected chi connectivity index (χ3v) is 6.94. The number of fused-ring (bicyclic) bond motifs is 2. The van der Waals surface area contributed by atoms with Gasteiger partial charge in [0, 0.05) is 56.2 Å². The van der Waals surface area contributed by atoms with E-state index in [1.54, 1.807) is 0 Å². The summed E-state index contributed by atoms with van der Waals surface area (Å²) in [5, 5.41) is 11.1. The molecule has 3 fully saturated rings. The number of morpholine rings is 1. The highest BCUT2D eigenvalue weighted by Crippen LogP contribution is 2.43. The molecule has 1 N–H and O–H groups in total. The Bertz CT molecular complexity index is 959. The van der Waals surface area contributed by atoms with E-state index in [9.17, 15) is 9.90 Å². The van der Waals surface area contributed by atoms with Crippen molar-refractivity contribution in [3.05, 3.63) is 35.4 Å². The molecule has 3 aliphatic rings. The smallest absolute Gasteiger partial charge is 0.311 e. The van der Waals surface area contributed by atoms with E-state index < -0.39 is 11.4 Å². The van der Waals surface area contributed by atoms with Gasteiger partial charge in [-0.2, -0.15) is 0 Å². The molecular weight excluding hydrogens is 382 g/mol. The van der Waals surface area contributed by atoms with Gasteiger partial charge in [0.1, 0.15) is 5.82 Å². The number of carboxylic acids is 1. The summed E-state index contributed by atoms with van der Waals surface area (Å²) in [5.41, 5.74) is 2.68. The van der Waals surface area contributed by atoms with Gasteiger partial charge in [0.2, 0.25) is 0 Å². The highest BCUT2D eigenvalue weighted by atomic mass is 16.5. The summed E-state index contributed by atoms with van der Waals surface area (Å²) in [6, 6.07) is 8.60. The molecule has 160 valence electrons. The number of aromatic nitrogens is 1. The summed E-state index contributed by atoms with van der Waals surface area (Å²) in [5.74, 6) is 0.373. The van der Waals surface area contributed by atoms with Gasteiger partial charge in [0.25, 0.3) is 0 Å². The number of hydrogen-bond donors (Lipinski definition) is 1. The van der Waals surface area contributed by atoms with Crippen LogP contribution in [0.15, 0.2) is 24.3 Å². The second-order valence-corrected chi connectivity index (χ2v) is 8.92. The van der Waals surface area contributed by atoms with Crippen LogP contribution in [-0.2, 0) is 20.8 Å². The van der Waals surface area contributed by atoms with E-state index >= 15 is 0 Å². The van der Waals surface area contributed by atoms with Gasteiger partial charge in [-0.1, -0.05) is 12.1 Å². The van der Waals surface area contributed by atoms with Gasteiger partial charge < -0.3 is 19.5 Å². The molecule has 0 radical (unpaired) electrons. The van der Waals surface area contributed by atoms with E-state index in [-0.39, 0.29) is 5.92 Å². The minimum Gasteiger partial charge on any atom is -0.481 e. The second-order valence-electron chi connectivity index (χ2n) is 8.92. The Morgan fingerprint density at radius 3 is 2.83 bits per heavy atom. The third kappa shape index (κ3) is 3.45. The predicted octanol–water partition coefficient (Wildman–Crippen LogP) is 2.30. The van der Waals surface area contributed by atoms with Gasteiger partial charge in [-0.25, -0.2) is 4.98 Å². The number of anilines is 1. The van der Waals surface area contributed by atoms with E-state index in [0.29, 0.717) is 45.9 Å². The molecule has 30 heavy (non-hydrogen) atoms. The number of nitrogens with zero attached hydrogens (tertiary/aromatic N) is 3. The molecule has 0 unspecified atom stereocenters. The molecule has 2 aromatic rings. The zero-order chi connectivity index (χ0) is 20.7. The van der Waals surface area contributed by atoms with Crippen LogP contribution in [0.5, 0.6) is 0 Å². The number of carboxylic acid groups (broad SMARTS) is 1. The van der Waals surface area contributed by atoms with Crippen LogP contribution in [0.4, 0.5) is 5.82 Å². The monoisotopic (exact) mass is 411 g/mol. The summed E-state index contributed by atoms with van der Waals surface area (Å²) in [7, 11) is 0. The molecule has 0 aliphatic carbocycles. The topological polar surface area (TPSA) is 75.1 Å². The Labute approximate surface area is 176 Å². The van der Waals surface area contributed by atoms with Crippen molar-refractivity contribution in [3.8, 4) is 0 Å². The number of ether oxygens (including phenoxy) is 2. The largest absolute Gasteiger partial charge is 0.481 e. The van der Waals surface area contributed by atoms with Crippen LogP contribution < -0.4 is 4.90 Å². The van der Waals surface area contributed by atoms with Crippen molar-refractivity contribution in [2.75, 3.05) is 57.5 Å². The molecule has 5 rings (SSSR count). The van der Waals surface area contributed by atoms with Gasteiger partial charge in [-0.15, -0.1) is 0 Å². The molecule has 3 aliphatic heterocycles. The van der Waals surface area contributed by atoms with Crippen LogP contribution in [0, 0.1) is 18.3 Å². The fraction of sp³-hybridized carbons (Fsp3) is 0.565. The van der Waals surface area contributed by atoms with Gasteiger partial charge in [0.15, 0.2) is 0 Å². The minimum absolute atomic E-state index is 0.0478. The minimum atomic E-state index is -0.682. The maximum Gasteiger partial charge on any atom is 0.311 e. The van der Waals surface area contributed by atoms with E-state index in [1.807, 2.05) is 0 Å². The first-order valence-corrected chi connectivity index (χ1v) is 10.8. The molecule has 7 nitrogen and oxygen atoms in total. The quantitative estimate of drug-likeness (QED) is 0.827. The first-order valence-electron chi connectivity index (χ1n) is 10.8. The van der Waals surface area contributed by atoms with Crippen LogP contribution in [0.1, 0.15) is 17.5 Å². The highest BCUT2D eigenvalue weighted by Gasteiger charge is 2.53. The Balaban J connectivity index is 1.48. The number of carbonyl (C=O) groups is 1. The summed E-state index contributed by atoms with van der Waals surface area (Å²) in [6.45, 7) is 8.25. The molecule has 1 aromatic carbocycles. The molecular formula is C23H29N3O4. The molecule has 0 amide bonds. The maximum atomic E-state index is 12.2. The summed E-state index contributed by atoms with van der Waals surface area (Å²) >= 11 is 0. The van der Waals surface area contributed by atoms with Crippen LogP contribution in [-0.4, -0.2) is 73.6 Å². The Kier molecular flexibility index (Phi) is 5.13. The van der Waals surface area contributed by atoms with E-state index in [2.05, 4.69) is 41.0 Å². The van der Waals surface area contributed by atoms with Crippen molar-refractivity contribution >= 4 is 22.7 Å². The number of hydrogen-bond acceptors (Lipinski definition) is 6. The van der Waals surface area contributed by atoms with Gasteiger partial charge in [0.05, 0.1) is 30.8 Å². The lowest BCUT2D eigenvalue weighted by atomic mass is 9.74. The number of pyridine rings is 1. The van der Waals surface area contributed by atoms with Crippen molar-refractivity contribution in [2.24, 2.45) is 11.3 Å². The van der Waals surface area contributed by atoms with Crippen LogP contribution in [0.3, 0.4) is 0 Å². The predicted molar refractivity (Wildman–Crippen MR) is 114 cm³/mol. The second kappa shape index (κ2) is 7.80. The molecule has 0 bridgehead atoms. The average molecular weight is 412 g/mol. The molecule has 0 spiro atoms. The van der Waals surface area contributed by atoms with E-state index in [1.165, 1.54) is 5.56 Å². The van der Waals surface area contributed by atoms with Gasteiger partial charge in [-0.05, 0) is 31.0 Å². The molecule has 7 heteroatoms. The molecule has 2 atom stereocenters. The van der Waals surface area contributed by atoms with Crippen LogP contribution in [0.25, 0.3) is 10.9 Å². The van der Waals surface area contributed by atoms with Crippen molar-refractivity contribution in [1.29, 1.82) is 0 Å². The number of likely N-dealkylation sites (tertiary alicyclic amines) is 1. The van der Waals surface area contributed by atoms with Gasteiger partial charge >= 0.3 is 5.97 Å². The molecule has 3 saturated heterocycles. The lowest BCUT2D eigenvalue weighted by Gasteiger charge is -2.34. The van der Waals surface area contributed by atoms with Crippen molar-refractivity contribution in [2.45, 2.75) is 19.9 Å². The Hall–Kier alpha value is -2.22. The fourth-order valence-corrected chi connectivity index (χ4v) is 5.24. The number of benzene rings is 1. The zero-order valence-electron chi connectivity index (χ0n) is 17.5. The SMILES string of the molecule is Cc1ccc2cc(CN3C[C@@H]4COCC[C@]4(C(=O)O)C3)c(N3CCOCC3)nc2c1. The fourth-order valence-electron chi connectivity index (χ4n) is 5.24. The van der Waals surface area contributed by atoms with Crippen LogP contribution >= 0.6 is 0 Å². The third-order valence-electron chi connectivity index (χ3n) is 6.94. The number of rotatable bonds is 4. The Morgan fingerprint density at radius 1 is 1.23 bits per heavy atom. The highest BCUT2D eigenvalue weighted by molar-refractivity contribution is 5.82. The normalized spacial score (nSPS) is 27.4. The average Bonchev–Trinajstić information content (AvgIpc) is 3.13. The molecule has 1 aromatic heterocycles. The maximum absolute atomic E-state index is 12.2. The first-order chi connectivity index (χ1) is 14.5. The summed E-state index contributed by atoms with van der Waals surface area (Å²) in [6.07, 6.45) is 0.592. The summed E-state index contributed by atoms with van der Waals surface area (Å²) < 4.78 is 11.2. The zero-order valence-corrected chi connectivity index (χ0v) is 17.5. The Morgan fingerprint density at radius 2 is 2.07 bits per heavy atom. The van der Waals surface area contributed by atoms with Gasteiger partial charge in [-0.3, -0.25) is 9.69 Å². The lowest BCUT2D eigenvalue weighted by molar-refractivity contribution is -0.157. The van der Waals surface area contributed by atoms with Crippen molar-refractivity contribution in [1.82, 2.24) is 9.88 Å².